The minimum absolute atomic E-state index is 0.0215. The molecule has 17 heavy (non-hydrogen) atoms. The van der Waals surface area contributed by atoms with Gasteiger partial charge in [0.2, 0.25) is 0 Å². The topological polar surface area (TPSA) is 69.6 Å². The molecule has 5 heteroatoms. The Morgan fingerprint density at radius 2 is 2.18 bits per heavy atom. The zero-order chi connectivity index (χ0) is 12.9. The predicted molar refractivity (Wildman–Crippen MR) is 63.4 cm³/mol. The lowest BCUT2D eigenvalue weighted by atomic mass is 9.74. The fourth-order valence-corrected chi connectivity index (χ4v) is 1.98. The number of nitrogens with zero attached hydrogens (tertiary/aromatic N) is 1. The number of urea groups is 1. The summed E-state index contributed by atoms with van der Waals surface area (Å²) in [6.07, 6.45) is 7.54. The largest absolute Gasteiger partial charge is 0.481 e. The van der Waals surface area contributed by atoms with Gasteiger partial charge in [-0.3, -0.25) is 4.79 Å². The number of hydrogen-bond acceptors (Lipinski definition) is 2. The number of carbonyl (C=O) groups excluding carboxylic acids is 1. The normalized spacial score (nSPS) is 16.5. The molecule has 0 aromatic carbocycles. The van der Waals surface area contributed by atoms with Crippen LogP contribution >= 0.6 is 0 Å². The highest BCUT2D eigenvalue weighted by atomic mass is 16.4. The second kappa shape index (κ2) is 5.58. The van der Waals surface area contributed by atoms with Gasteiger partial charge in [-0.1, -0.05) is 5.92 Å². The van der Waals surface area contributed by atoms with Gasteiger partial charge in [0, 0.05) is 6.54 Å². The van der Waals surface area contributed by atoms with Crippen molar-refractivity contribution in [1.29, 1.82) is 0 Å². The minimum Gasteiger partial charge on any atom is -0.481 e. The zero-order valence-corrected chi connectivity index (χ0v) is 10.0. The van der Waals surface area contributed by atoms with Crippen molar-refractivity contribution < 1.29 is 14.7 Å². The van der Waals surface area contributed by atoms with Crippen LogP contribution in [0.25, 0.3) is 0 Å². The van der Waals surface area contributed by atoms with Crippen molar-refractivity contribution in [3.05, 3.63) is 0 Å². The summed E-state index contributed by atoms with van der Waals surface area (Å²) in [6, 6.07) is -0.272. The molecule has 5 nitrogen and oxygen atoms in total. The monoisotopic (exact) mass is 238 g/mol. The standard InChI is InChI=1S/C12H18N2O3/c1-3-8-14(4-2)11(17)13-12(6-5-7-12)9-10(15)16/h1H,4-9H2,2H3,(H,13,17)(H,15,16). The highest BCUT2D eigenvalue weighted by Gasteiger charge is 2.40. The van der Waals surface area contributed by atoms with Crippen molar-refractivity contribution >= 4 is 12.0 Å². The van der Waals surface area contributed by atoms with Gasteiger partial charge in [-0.05, 0) is 26.2 Å². The van der Waals surface area contributed by atoms with Gasteiger partial charge in [0.25, 0.3) is 0 Å². The second-order valence-electron chi connectivity index (χ2n) is 4.35. The average molecular weight is 238 g/mol. The molecular formula is C12H18N2O3. The molecular weight excluding hydrogens is 220 g/mol. The number of rotatable bonds is 5. The number of nitrogens with one attached hydrogen (secondary N) is 1. The lowest BCUT2D eigenvalue weighted by Crippen LogP contribution is -2.58. The maximum absolute atomic E-state index is 11.9. The van der Waals surface area contributed by atoms with E-state index in [2.05, 4.69) is 11.2 Å². The molecule has 0 heterocycles. The first-order chi connectivity index (χ1) is 8.03. The highest BCUT2D eigenvalue weighted by Crippen LogP contribution is 2.35. The van der Waals surface area contributed by atoms with E-state index in [1.807, 2.05) is 6.92 Å². The third kappa shape index (κ3) is 3.38. The van der Waals surface area contributed by atoms with Crippen LogP contribution in [-0.4, -0.2) is 40.6 Å². The molecule has 0 aromatic rings. The molecule has 0 radical (unpaired) electrons. The van der Waals surface area contributed by atoms with Gasteiger partial charge in [-0.15, -0.1) is 6.42 Å². The lowest BCUT2D eigenvalue weighted by molar-refractivity contribution is -0.139. The molecule has 0 aromatic heterocycles. The molecule has 0 unspecified atom stereocenters. The smallest absolute Gasteiger partial charge is 0.318 e. The van der Waals surface area contributed by atoms with Crippen molar-refractivity contribution in [2.75, 3.05) is 13.1 Å². The summed E-state index contributed by atoms with van der Waals surface area (Å²) in [7, 11) is 0. The summed E-state index contributed by atoms with van der Waals surface area (Å²) in [5.74, 6) is 1.53. The third-order valence-corrected chi connectivity index (χ3v) is 3.12. The second-order valence-corrected chi connectivity index (χ2v) is 4.35. The Labute approximate surface area is 101 Å². The van der Waals surface area contributed by atoms with Crippen LogP contribution < -0.4 is 5.32 Å². The summed E-state index contributed by atoms with van der Waals surface area (Å²) >= 11 is 0. The van der Waals surface area contributed by atoms with Gasteiger partial charge in [0.15, 0.2) is 0 Å². The van der Waals surface area contributed by atoms with Gasteiger partial charge in [-0.2, -0.15) is 0 Å². The number of carboxylic acids is 1. The van der Waals surface area contributed by atoms with Crippen molar-refractivity contribution in [1.82, 2.24) is 10.2 Å². The highest BCUT2D eigenvalue weighted by molar-refractivity contribution is 5.77. The maximum Gasteiger partial charge on any atom is 0.318 e. The van der Waals surface area contributed by atoms with E-state index >= 15 is 0 Å². The molecule has 1 aliphatic rings. The Bertz CT molecular complexity index is 342. The summed E-state index contributed by atoms with van der Waals surface area (Å²) in [6.45, 7) is 2.59. The predicted octanol–water partition coefficient (Wildman–Crippen LogP) is 1.05. The molecule has 2 amide bonds. The van der Waals surface area contributed by atoms with Gasteiger partial charge in [0.1, 0.15) is 0 Å². The molecule has 1 rings (SSSR count). The van der Waals surface area contributed by atoms with Crippen LogP contribution in [0.5, 0.6) is 0 Å². The number of aliphatic carboxylic acids is 1. The third-order valence-electron chi connectivity index (χ3n) is 3.12. The molecule has 0 atom stereocenters. The van der Waals surface area contributed by atoms with Crippen molar-refractivity contribution in [3.63, 3.8) is 0 Å². The summed E-state index contributed by atoms with van der Waals surface area (Å²) in [4.78, 5) is 24.1. The SMILES string of the molecule is C#CCN(CC)C(=O)NC1(CC(=O)O)CCC1. The van der Waals surface area contributed by atoms with Crippen LogP contribution in [0.3, 0.4) is 0 Å². The number of carboxylic acid groups (broad SMARTS) is 1. The molecule has 94 valence electrons. The first-order valence-electron chi connectivity index (χ1n) is 5.75. The quantitative estimate of drug-likeness (QED) is 0.703. The van der Waals surface area contributed by atoms with Gasteiger partial charge < -0.3 is 15.3 Å². The molecule has 1 aliphatic carbocycles. The van der Waals surface area contributed by atoms with Gasteiger partial charge in [0.05, 0.1) is 18.5 Å². The maximum atomic E-state index is 11.9. The Balaban J connectivity index is 2.59. The Morgan fingerprint density at radius 3 is 2.53 bits per heavy atom. The molecule has 0 bridgehead atoms. The van der Waals surface area contributed by atoms with E-state index in [1.54, 1.807) is 0 Å². The van der Waals surface area contributed by atoms with E-state index < -0.39 is 11.5 Å². The van der Waals surface area contributed by atoms with Crippen molar-refractivity contribution in [2.24, 2.45) is 0 Å². The Kier molecular flexibility index (Phi) is 4.38. The van der Waals surface area contributed by atoms with Crippen LogP contribution in [0.2, 0.25) is 0 Å². The van der Waals surface area contributed by atoms with E-state index in [0.717, 1.165) is 19.3 Å². The molecule has 0 aliphatic heterocycles. The van der Waals surface area contributed by atoms with E-state index in [9.17, 15) is 9.59 Å². The van der Waals surface area contributed by atoms with Crippen LogP contribution in [0, 0.1) is 12.3 Å². The lowest BCUT2D eigenvalue weighted by Gasteiger charge is -2.42. The molecule has 0 spiro atoms. The number of carbonyl (C=O) groups is 2. The minimum atomic E-state index is -0.884. The van der Waals surface area contributed by atoms with Gasteiger partial charge in [-0.25, -0.2) is 4.79 Å². The fourth-order valence-electron chi connectivity index (χ4n) is 1.98. The summed E-state index contributed by atoms with van der Waals surface area (Å²) < 4.78 is 0. The first-order valence-corrected chi connectivity index (χ1v) is 5.75. The van der Waals surface area contributed by atoms with Crippen LogP contribution in [0.1, 0.15) is 32.6 Å². The first kappa shape index (κ1) is 13.4. The molecule has 0 saturated heterocycles. The molecule has 1 fully saturated rings. The Hall–Kier alpha value is -1.70. The number of terminal acetylenes is 1. The van der Waals surface area contributed by atoms with Crippen molar-refractivity contribution in [2.45, 2.75) is 38.1 Å². The summed E-state index contributed by atoms with van der Waals surface area (Å²) in [5, 5.41) is 11.6. The molecule has 1 saturated carbocycles. The average Bonchev–Trinajstić information content (AvgIpc) is 2.21. The van der Waals surface area contributed by atoms with Crippen molar-refractivity contribution in [3.8, 4) is 12.3 Å². The van der Waals surface area contributed by atoms with Crippen LogP contribution in [0.4, 0.5) is 4.79 Å². The van der Waals surface area contributed by atoms with E-state index in [1.165, 1.54) is 4.90 Å². The molecule has 2 N–H and O–H groups in total. The van der Waals surface area contributed by atoms with Gasteiger partial charge >= 0.3 is 12.0 Å². The fraction of sp³-hybridized carbons (Fsp3) is 0.667. The summed E-state index contributed by atoms with van der Waals surface area (Å²) in [5.41, 5.74) is -0.565. The Morgan fingerprint density at radius 1 is 1.53 bits per heavy atom. The van der Waals surface area contributed by atoms with Crippen LogP contribution in [-0.2, 0) is 4.79 Å². The number of hydrogen-bond donors (Lipinski definition) is 2. The van der Waals surface area contributed by atoms with E-state index in [0.29, 0.717) is 6.54 Å². The van der Waals surface area contributed by atoms with Crippen LogP contribution in [0.15, 0.2) is 0 Å². The van der Waals surface area contributed by atoms with E-state index in [4.69, 9.17) is 11.5 Å². The zero-order valence-electron chi connectivity index (χ0n) is 10.0. The van der Waals surface area contributed by atoms with E-state index in [-0.39, 0.29) is 19.0 Å². The number of amides is 2.